The van der Waals surface area contributed by atoms with Gasteiger partial charge in [0.15, 0.2) is 0 Å². The second-order valence-electron chi connectivity index (χ2n) is 4.29. The van der Waals surface area contributed by atoms with Gasteiger partial charge >= 0.3 is 0 Å². The van der Waals surface area contributed by atoms with Crippen molar-refractivity contribution < 1.29 is 0 Å². The standard InChI is InChI=1S/C15H14N/c1-2-8-14(9-3-1)16-15-10-12-6-4-5-7-13(12)11-15/h1-8,15-16H,10-11H2. The van der Waals surface area contributed by atoms with Gasteiger partial charge < -0.3 is 5.32 Å². The Balaban J connectivity index is 1.73. The minimum atomic E-state index is 0.524. The number of hydrogen-bond acceptors (Lipinski definition) is 1. The van der Waals surface area contributed by atoms with Crippen molar-refractivity contribution in [3.8, 4) is 0 Å². The lowest BCUT2D eigenvalue weighted by Crippen LogP contribution is -2.19. The van der Waals surface area contributed by atoms with Gasteiger partial charge in [-0.1, -0.05) is 42.5 Å². The lowest BCUT2D eigenvalue weighted by Gasteiger charge is -2.12. The summed E-state index contributed by atoms with van der Waals surface area (Å²) >= 11 is 0. The highest BCUT2D eigenvalue weighted by Gasteiger charge is 2.20. The largest absolute Gasteiger partial charge is 0.381 e. The highest BCUT2D eigenvalue weighted by molar-refractivity contribution is 5.45. The molecular formula is C15H14N. The van der Waals surface area contributed by atoms with E-state index in [-0.39, 0.29) is 0 Å². The topological polar surface area (TPSA) is 12.0 Å². The molecule has 3 rings (SSSR count). The molecule has 0 aromatic heterocycles. The highest BCUT2D eigenvalue weighted by Crippen LogP contribution is 2.24. The molecular weight excluding hydrogens is 194 g/mol. The first-order valence-corrected chi connectivity index (χ1v) is 5.72. The van der Waals surface area contributed by atoms with E-state index in [1.54, 1.807) is 0 Å². The van der Waals surface area contributed by atoms with Gasteiger partial charge in [0.2, 0.25) is 0 Å². The molecule has 0 unspecified atom stereocenters. The minimum Gasteiger partial charge on any atom is -0.381 e. The molecule has 1 heteroatoms. The molecule has 0 amide bonds. The number of rotatable bonds is 2. The Hall–Kier alpha value is -1.76. The minimum absolute atomic E-state index is 0.524. The van der Waals surface area contributed by atoms with Gasteiger partial charge in [-0.2, -0.15) is 0 Å². The number of nitrogens with one attached hydrogen (secondary N) is 1. The molecule has 0 bridgehead atoms. The lowest BCUT2D eigenvalue weighted by atomic mass is 10.1. The van der Waals surface area contributed by atoms with Crippen molar-refractivity contribution in [1.29, 1.82) is 0 Å². The van der Waals surface area contributed by atoms with Crippen LogP contribution in [0.3, 0.4) is 0 Å². The van der Waals surface area contributed by atoms with Crippen molar-refractivity contribution in [1.82, 2.24) is 0 Å². The molecule has 16 heavy (non-hydrogen) atoms. The normalized spacial score (nSPS) is 14.8. The molecule has 1 aliphatic carbocycles. The van der Waals surface area contributed by atoms with Gasteiger partial charge in [0, 0.05) is 17.8 Å². The predicted molar refractivity (Wildman–Crippen MR) is 66.5 cm³/mol. The third kappa shape index (κ3) is 1.81. The molecule has 0 saturated carbocycles. The summed E-state index contributed by atoms with van der Waals surface area (Å²) in [4.78, 5) is 0. The summed E-state index contributed by atoms with van der Waals surface area (Å²) in [5, 5.41) is 3.53. The smallest absolute Gasteiger partial charge is 0.0423 e. The van der Waals surface area contributed by atoms with E-state index in [2.05, 4.69) is 41.7 Å². The molecule has 0 spiro atoms. The summed E-state index contributed by atoms with van der Waals surface area (Å²) in [7, 11) is 0. The first kappa shape index (κ1) is 9.46. The van der Waals surface area contributed by atoms with E-state index >= 15 is 0 Å². The Morgan fingerprint density at radius 2 is 1.62 bits per heavy atom. The van der Waals surface area contributed by atoms with Gasteiger partial charge in [-0.05, 0) is 30.0 Å². The maximum atomic E-state index is 3.53. The first-order valence-electron chi connectivity index (χ1n) is 5.72. The molecule has 2 aromatic carbocycles. The fraction of sp³-hybridized carbons (Fsp3) is 0.200. The highest BCUT2D eigenvalue weighted by atomic mass is 14.9. The quantitative estimate of drug-likeness (QED) is 0.799. The zero-order valence-corrected chi connectivity index (χ0v) is 9.11. The molecule has 2 aromatic rings. The van der Waals surface area contributed by atoms with Crippen molar-refractivity contribution >= 4 is 5.69 Å². The Morgan fingerprint density at radius 3 is 2.25 bits per heavy atom. The molecule has 0 aliphatic heterocycles. The Bertz CT molecular complexity index is 451. The summed E-state index contributed by atoms with van der Waals surface area (Å²) in [5.74, 6) is 0. The molecule has 1 radical (unpaired) electrons. The second-order valence-corrected chi connectivity index (χ2v) is 4.29. The van der Waals surface area contributed by atoms with Crippen LogP contribution in [0.25, 0.3) is 0 Å². The molecule has 1 nitrogen and oxygen atoms in total. The van der Waals surface area contributed by atoms with Crippen LogP contribution in [0.1, 0.15) is 11.1 Å². The Kier molecular flexibility index (Phi) is 2.37. The van der Waals surface area contributed by atoms with Crippen LogP contribution >= 0.6 is 0 Å². The van der Waals surface area contributed by atoms with Crippen LogP contribution in [0.4, 0.5) is 5.69 Å². The van der Waals surface area contributed by atoms with E-state index < -0.39 is 0 Å². The van der Waals surface area contributed by atoms with E-state index in [0.717, 1.165) is 18.5 Å². The third-order valence-corrected chi connectivity index (χ3v) is 3.12. The van der Waals surface area contributed by atoms with Crippen LogP contribution in [-0.4, -0.2) is 6.04 Å². The van der Waals surface area contributed by atoms with Crippen LogP contribution in [0, 0.1) is 6.07 Å². The van der Waals surface area contributed by atoms with Gasteiger partial charge in [0.05, 0.1) is 0 Å². The SMILES string of the molecule is [c]1ccccc1NC1Cc2ccccc2C1. The van der Waals surface area contributed by atoms with E-state index in [0.29, 0.717) is 6.04 Å². The number of para-hydroxylation sites is 1. The summed E-state index contributed by atoms with van der Waals surface area (Å²) in [5.41, 5.74) is 4.06. The average molecular weight is 208 g/mol. The summed E-state index contributed by atoms with van der Waals surface area (Å²) in [6, 6.07) is 20.5. The monoisotopic (exact) mass is 208 g/mol. The van der Waals surface area contributed by atoms with Crippen molar-refractivity contribution in [2.75, 3.05) is 5.32 Å². The molecule has 79 valence electrons. The average Bonchev–Trinajstić information content (AvgIpc) is 2.72. The lowest BCUT2D eigenvalue weighted by molar-refractivity contribution is 0.774. The summed E-state index contributed by atoms with van der Waals surface area (Å²) in [6.07, 6.45) is 2.25. The summed E-state index contributed by atoms with van der Waals surface area (Å²) < 4.78 is 0. The van der Waals surface area contributed by atoms with E-state index in [1.165, 1.54) is 11.1 Å². The van der Waals surface area contributed by atoms with E-state index in [4.69, 9.17) is 0 Å². The van der Waals surface area contributed by atoms with Gasteiger partial charge in [-0.3, -0.25) is 0 Å². The van der Waals surface area contributed by atoms with Crippen LogP contribution in [0.5, 0.6) is 0 Å². The van der Waals surface area contributed by atoms with Crippen LogP contribution in [0.15, 0.2) is 48.5 Å². The van der Waals surface area contributed by atoms with Gasteiger partial charge in [-0.25, -0.2) is 0 Å². The number of anilines is 1. The zero-order chi connectivity index (χ0) is 10.8. The number of fused-ring (bicyclic) bond motifs is 1. The fourth-order valence-corrected chi connectivity index (χ4v) is 2.36. The predicted octanol–water partition coefficient (Wildman–Crippen LogP) is 3.07. The van der Waals surface area contributed by atoms with Gasteiger partial charge in [0.1, 0.15) is 0 Å². The Morgan fingerprint density at radius 1 is 0.938 bits per heavy atom. The fourth-order valence-electron chi connectivity index (χ4n) is 2.36. The molecule has 0 fully saturated rings. The maximum absolute atomic E-state index is 3.53. The van der Waals surface area contributed by atoms with Crippen molar-refractivity contribution in [3.63, 3.8) is 0 Å². The Labute approximate surface area is 96.1 Å². The van der Waals surface area contributed by atoms with Crippen molar-refractivity contribution in [2.24, 2.45) is 0 Å². The third-order valence-electron chi connectivity index (χ3n) is 3.12. The van der Waals surface area contributed by atoms with E-state index in [9.17, 15) is 0 Å². The molecule has 1 N–H and O–H groups in total. The number of hydrogen-bond donors (Lipinski definition) is 1. The van der Waals surface area contributed by atoms with Crippen molar-refractivity contribution in [2.45, 2.75) is 18.9 Å². The molecule has 0 heterocycles. The van der Waals surface area contributed by atoms with Crippen LogP contribution in [-0.2, 0) is 12.8 Å². The van der Waals surface area contributed by atoms with Crippen LogP contribution < -0.4 is 5.32 Å². The first-order chi connectivity index (χ1) is 7.92. The molecule has 0 atom stereocenters. The van der Waals surface area contributed by atoms with Crippen molar-refractivity contribution in [3.05, 3.63) is 65.7 Å². The van der Waals surface area contributed by atoms with Gasteiger partial charge in [-0.15, -0.1) is 0 Å². The maximum Gasteiger partial charge on any atom is 0.0423 e. The van der Waals surface area contributed by atoms with Crippen LogP contribution in [0.2, 0.25) is 0 Å². The second kappa shape index (κ2) is 4.01. The molecule has 0 saturated heterocycles. The number of benzene rings is 2. The van der Waals surface area contributed by atoms with E-state index in [1.807, 2.05) is 18.2 Å². The molecule has 1 aliphatic rings. The zero-order valence-electron chi connectivity index (χ0n) is 9.11. The van der Waals surface area contributed by atoms with Gasteiger partial charge in [0.25, 0.3) is 0 Å². The summed E-state index contributed by atoms with van der Waals surface area (Å²) in [6.45, 7) is 0.